The molecular formula is C15H13FN2O3. The third-order valence-electron chi connectivity index (χ3n) is 2.97. The molecule has 0 saturated heterocycles. The molecule has 0 aliphatic rings. The summed E-state index contributed by atoms with van der Waals surface area (Å²) in [5, 5.41) is 11.6. The Morgan fingerprint density at radius 3 is 2.62 bits per heavy atom. The van der Waals surface area contributed by atoms with Crippen LogP contribution in [0.3, 0.4) is 0 Å². The first kappa shape index (κ1) is 14.6. The molecule has 2 N–H and O–H groups in total. The zero-order valence-corrected chi connectivity index (χ0v) is 11.2. The number of amides is 1. The average Bonchev–Trinajstić information content (AvgIpc) is 2.47. The van der Waals surface area contributed by atoms with Crippen molar-refractivity contribution in [3.05, 3.63) is 65.2 Å². The average molecular weight is 288 g/mol. The number of nitrogens with one attached hydrogen (secondary N) is 1. The second-order valence-electron chi connectivity index (χ2n) is 4.42. The third-order valence-corrected chi connectivity index (χ3v) is 2.97. The van der Waals surface area contributed by atoms with Crippen LogP contribution in [0.15, 0.2) is 42.6 Å². The molecule has 21 heavy (non-hydrogen) atoms. The minimum absolute atomic E-state index is 0.198. The number of rotatable bonds is 4. The predicted molar refractivity (Wildman–Crippen MR) is 73.5 cm³/mol. The van der Waals surface area contributed by atoms with Crippen molar-refractivity contribution in [3.63, 3.8) is 0 Å². The molecule has 1 atom stereocenters. The van der Waals surface area contributed by atoms with Crippen molar-refractivity contribution in [2.45, 2.75) is 13.0 Å². The van der Waals surface area contributed by atoms with Crippen LogP contribution in [-0.2, 0) is 0 Å². The number of hydrogen-bond acceptors (Lipinski definition) is 3. The SMILES string of the molecule is C[C@@H](NC(=O)c1ncccc1C(=O)O)c1ccccc1F. The van der Waals surface area contributed by atoms with E-state index in [1.54, 1.807) is 25.1 Å². The van der Waals surface area contributed by atoms with Gasteiger partial charge in [-0.05, 0) is 25.1 Å². The summed E-state index contributed by atoms with van der Waals surface area (Å²) in [5.41, 5.74) is -0.0809. The van der Waals surface area contributed by atoms with Crippen molar-refractivity contribution >= 4 is 11.9 Å². The fraction of sp³-hybridized carbons (Fsp3) is 0.133. The van der Waals surface area contributed by atoms with Crippen LogP contribution in [0.1, 0.15) is 39.4 Å². The van der Waals surface area contributed by atoms with Crippen LogP contribution < -0.4 is 5.32 Å². The number of hydrogen-bond donors (Lipinski definition) is 2. The van der Waals surface area contributed by atoms with E-state index in [-0.39, 0.29) is 11.3 Å². The van der Waals surface area contributed by atoms with Gasteiger partial charge < -0.3 is 10.4 Å². The predicted octanol–water partition coefficient (Wildman–Crippen LogP) is 2.41. The van der Waals surface area contributed by atoms with E-state index in [0.29, 0.717) is 5.56 Å². The Balaban J connectivity index is 2.23. The highest BCUT2D eigenvalue weighted by atomic mass is 19.1. The normalized spacial score (nSPS) is 11.7. The van der Waals surface area contributed by atoms with Gasteiger partial charge in [-0.1, -0.05) is 18.2 Å². The molecule has 0 aliphatic carbocycles. The van der Waals surface area contributed by atoms with Gasteiger partial charge in [0.05, 0.1) is 11.6 Å². The highest BCUT2D eigenvalue weighted by Gasteiger charge is 2.20. The smallest absolute Gasteiger partial charge is 0.338 e. The number of carbonyl (C=O) groups is 2. The highest BCUT2D eigenvalue weighted by molar-refractivity contribution is 6.03. The largest absolute Gasteiger partial charge is 0.478 e. The van der Waals surface area contributed by atoms with Crippen LogP contribution in [0.5, 0.6) is 0 Å². The Hall–Kier alpha value is -2.76. The van der Waals surface area contributed by atoms with Gasteiger partial charge in [0.25, 0.3) is 5.91 Å². The lowest BCUT2D eigenvalue weighted by molar-refractivity contribution is 0.0689. The molecule has 0 spiro atoms. The fourth-order valence-corrected chi connectivity index (χ4v) is 1.93. The van der Waals surface area contributed by atoms with Gasteiger partial charge in [-0.15, -0.1) is 0 Å². The second-order valence-corrected chi connectivity index (χ2v) is 4.42. The summed E-state index contributed by atoms with van der Waals surface area (Å²) in [6.07, 6.45) is 1.33. The fourth-order valence-electron chi connectivity index (χ4n) is 1.93. The molecule has 1 aromatic heterocycles. The summed E-state index contributed by atoms with van der Waals surface area (Å²) in [6, 6.07) is 8.16. The van der Waals surface area contributed by atoms with Crippen LogP contribution in [0.25, 0.3) is 0 Å². The van der Waals surface area contributed by atoms with Crippen LogP contribution in [0, 0.1) is 5.82 Å². The van der Waals surface area contributed by atoms with E-state index < -0.39 is 23.7 Å². The van der Waals surface area contributed by atoms with Crippen LogP contribution in [0.4, 0.5) is 4.39 Å². The van der Waals surface area contributed by atoms with Crippen LogP contribution >= 0.6 is 0 Å². The number of carboxylic acids is 1. The lowest BCUT2D eigenvalue weighted by Gasteiger charge is -2.15. The van der Waals surface area contributed by atoms with Gasteiger partial charge in [0, 0.05) is 11.8 Å². The summed E-state index contributed by atoms with van der Waals surface area (Å²) >= 11 is 0. The van der Waals surface area contributed by atoms with Crippen molar-refractivity contribution < 1.29 is 19.1 Å². The number of aromatic carboxylic acids is 1. The second kappa shape index (κ2) is 6.13. The van der Waals surface area contributed by atoms with E-state index in [9.17, 15) is 14.0 Å². The van der Waals surface area contributed by atoms with Gasteiger partial charge in [0.1, 0.15) is 11.5 Å². The van der Waals surface area contributed by atoms with Gasteiger partial charge in [-0.2, -0.15) is 0 Å². The number of halogens is 1. The van der Waals surface area contributed by atoms with Crippen molar-refractivity contribution in [1.29, 1.82) is 0 Å². The molecule has 5 nitrogen and oxygen atoms in total. The van der Waals surface area contributed by atoms with Crippen molar-refractivity contribution in [2.24, 2.45) is 0 Å². The van der Waals surface area contributed by atoms with E-state index in [1.807, 2.05) is 0 Å². The Labute approximate surface area is 120 Å². The zero-order chi connectivity index (χ0) is 15.4. The number of pyridine rings is 1. The molecule has 6 heteroatoms. The lowest BCUT2D eigenvalue weighted by Crippen LogP contribution is -2.29. The maximum atomic E-state index is 13.6. The summed E-state index contributed by atoms with van der Waals surface area (Å²) in [5.74, 6) is -2.35. The quantitative estimate of drug-likeness (QED) is 0.905. The van der Waals surface area contributed by atoms with E-state index in [4.69, 9.17) is 5.11 Å². The van der Waals surface area contributed by atoms with Gasteiger partial charge in [-0.3, -0.25) is 9.78 Å². The van der Waals surface area contributed by atoms with Crippen molar-refractivity contribution in [2.75, 3.05) is 0 Å². The van der Waals surface area contributed by atoms with E-state index in [0.717, 1.165) is 0 Å². The van der Waals surface area contributed by atoms with Gasteiger partial charge in [-0.25, -0.2) is 9.18 Å². The molecule has 1 heterocycles. The van der Waals surface area contributed by atoms with Crippen LogP contribution in [-0.4, -0.2) is 22.0 Å². The minimum atomic E-state index is -1.24. The Bertz CT molecular complexity index is 688. The number of aromatic nitrogens is 1. The number of carboxylic acid groups (broad SMARTS) is 1. The molecule has 0 fully saturated rings. The molecule has 2 rings (SSSR count). The molecule has 0 radical (unpaired) electrons. The molecule has 0 saturated carbocycles. The Morgan fingerprint density at radius 1 is 1.24 bits per heavy atom. The number of carbonyl (C=O) groups excluding carboxylic acids is 1. The third kappa shape index (κ3) is 3.22. The van der Waals surface area contributed by atoms with Crippen molar-refractivity contribution in [1.82, 2.24) is 10.3 Å². The van der Waals surface area contributed by atoms with Gasteiger partial charge in [0.15, 0.2) is 0 Å². The standard InChI is InChI=1S/C15H13FN2O3/c1-9(10-5-2-3-7-12(10)16)18-14(19)13-11(15(20)21)6-4-8-17-13/h2-9H,1H3,(H,18,19)(H,20,21)/t9-/m1/s1. The Kier molecular flexibility index (Phi) is 4.27. The summed E-state index contributed by atoms with van der Waals surface area (Å²) < 4.78 is 13.6. The first-order valence-corrected chi connectivity index (χ1v) is 6.24. The van der Waals surface area contributed by atoms with E-state index in [2.05, 4.69) is 10.3 Å². The first-order valence-electron chi connectivity index (χ1n) is 6.24. The monoisotopic (exact) mass is 288 g/mol. The van der Waals surface area contributed by atoms with Gasteiger partial charge >= 0.3 is 5.97 Å². The molecule has 0 bridgehead atoms. The lowest BCUT2D eigenvalue weighted by atomic mass is 10.1. The summed E-state index contributed by atoms with van der Waals surface area (Å²) in [7, 11) is 0. The number of nitrogens with zero attached hydrogens (tertiary/aromatic N) is 1. The van der Waals surface area contributed by atoms with Crippen LogP contribution in [0.2, 0.25) is 0 Å². The Morgan fingerprint density at radius 2 is 1.95 bits per heavy atom. The molecular weight excluding hydrogens is 275 g/mol. The van der Waals surface area contributed by atoms with E-state index >= 15 is 0 Å². The summed E-state index contributed by atoms with van der Waals surface area (Å²) in [4.78, 5) is 26.9. The maximum absolute atomic E-state index is 13.6. The highest BCUT2D eigenvalue weighted by Crippen LogP contribution is 2.17. The minimum Gasteiger partial charge on any atom is -0.478 e. The molecule has 108 valence electrons. The molecule has 0 aliphatic heterocycles. The zero-order valence-electron chi connectivity index (χ0n) is 11.2. The van der Waals surface area contributed by atoms with Crippen molar-refractivity contribution in [3.8, 4) is 0 Å². The summed E-state index contributed by atoms with van der Waals surface area (Å²) in [6.45, 7) is 1.61. The van der Waals surface area contributed by atoms with E-state index in [1.165, 1.54) is 24.4 Å². The van der Waals surface area contributed by atoms with Gasteiger partial charge in [0.2, 0.25) is 0 Å². The molecule has 2 aromatic rings. The maximum Gasteiger partial charge on any atom is 0.338 e. The molecule has 1 amide bonds. The number of benzene rings is 1. The molecule has 0 unspecified atom stereocenters. The molecule has 1 aromatic carbocycles. The first-order chi connectivity index (χ1) is 10.0. The topological polar surface area (TPSA) is 79.3 Å².